The number of hydrogen-bond acceptors (Lipinski definition) is 4. The second-order valence-electron chi connectivity index (χ2n) is 6.99. The summed E-state index contributed by atoms with van der Waals surface area (Å²) >= 11 is 12.1. The third-order valence-corrected chi connectivity index (χ3v) is 8.08. The van der Waals surface area contributed by atoms with Crippen LogP contribution in [0.4, 0.5) is 11.4 Å². The Bertz CT molecular complexity index is 1050. The molecule has 3 rings (SSSR count). The highest BCUT2D eigenvalue weighted by Crippen LogP contribution is 2.42. The summed E-state index contributed by atoms with van der Waals surface area (Å²) in [7, 11) is -3.94. The molecule has 0 radical (unpaired) electrons. The van der Waals surface area contributed by atoms with Gasteiger partial charge in [0.25, 0.3) is 0 Å². The Hall–Kier alpha value is -2.09. The van der Waals surface area contributed by atoms with Gasteiger partial charge in [-0.2, -0.15) is 0 Å². The predicted octanol–water partition coefficient (Wildman–Crippen LogP) is 4.68. The van der Waals surface area contributed by atoms with Crippen LogP contribution in [0.1, 0.15) is 32.6 Å². The van der Waals surface area contributed by atoms with Crippen LogP contribution >= 0.6 is 23.2 Å². The number of nitrogens with one attached hydrogen (secondary N) is 2. The molecule has 0 aromatic heterocycles. The molecule has 1 fully saturated rings. The third kappa shape index (κ3) is 4.27. The van der Waals surface area contributed by atoms with Gasteiger partial charge in [0, 0.05) is 17.6 Å². The van der Waals surface area contributed by atoms with Crippen LogP contribution < -0.4 is 10.6 Å². The minimum absolute atomic E-state index is 0.0612. The maximum Gasteiger partial charge on any atom is 0.246 e. The maximum atomic E-state index is 13.4. The summed E-state index contributed by atoms with van der Waals surface area (Å²) in [5.74, 6) is -0.865. The van der Waals surface area contributed by atoms with Crippen LogP contribution in [0.25, 0.3) is 0 Å². The first-order valence-corrected chi connectivity index (χ1v) is 11.3. The molecule has 154 valence electrons. The van der Waals surface area contributed by atoms with E-state index in [4.69, 9.17) is 23.2 Å². The number of benzene rings is 2. The molecular formula is C20H20Cl2N2O4S. The first-order valence-electron chi connectivity index (χ1n) is 9.04. The van der Waals surface area contributed by atoms with E-state index in [2.05, 4.69) is 10.6 Å². The Kier molecular flexibility index (Phi) is 6.22. The summed E-state index contributed by atoms with van der Waals surface area (Å²) in [4.78, 5) is 24.4. The second kappa shape index (κ2) is 8.34. The number of hydrogen-bond donors (Lipinski definition) is 2. The molecule has 0 spiro atoms. The van der Waals surface area contributed by atoms with E-state index in [1.54, 1.807) is 6.07 Å². The van der Waals surface area contributed by atoms with E-state index in [9.17, 15) is 18.0 Å². The summed E-state index contributed by atoms with van der Waals surface area (Å²) < 4.78 is 25.2. The van der Waals surface area contributed by atoms with E-state index in [0.29, 0.717) is 23.6 Å². The van der Waals surface area contributed by atoms with Gasteiger partial charge in [-0.1, -0.05) is 36.0 Å². The van der Waals surface area contributed by atoms with E-state index >= 15 is 0 Å². The maximum absolute atomic E-state index is 13.4. The average Bonchev–Trinajstić information content (AvgIpc) is 3.15. The van der Waals surface area contributed by atoms with Crippen molar-refractivity contribution in [1.82, 2.24) is 0 Å². The van der Waals surface area contributed by atoms with Crippen molar-refractivity contribution in [3.8, 4) is 0 Å². The van der Waals surface area contributed by atoms with Crippen molar-refractivity contribution >= 4 is 56.2 Å². The molecule has 6 nitrogen and oxygen atoms in total. The van der Waals surface area contributed by atoms with Crippen LogP contribution in [0.15, 0.2) is 47.4 Å². The molecule has 0 aliphatic heterocycles. The molecule has 1 aliphatic carbocycles. The topological polar surface area (TPSA) is 92.3 Å². The van der Waals surface area contributed by atoms with Crippen molar-refractivity contribution in [3.63, 3.8) is 0 Å². The van der Waals surface area contributed by atoms with E-state index in [-0.39, 0.29) is 34.4 Å². The lowest BCUT2D eigenvalue weighted by molar-refractivity contribution is -0.118. The molecule has 29 heavy (non-hydrogen) atoms. The number of sulfone groups is 1. The first-order chi connectivity index (χ1) is 13.7. The summed E-state index contributed by atoms with van der Waals surface area (Å²) in [6.07, 6.45) is 1.72. The molecule has 0 bridgehead atoms. The smallest absolute Gasteiger partial charge is 0.246 e. The molecule has 1 aliphatic rings. The zero-order valence-corrected chi connectivity index (χ0v) is 18.0. The number of halogens is 2. The van der Waals surface area contributed by atoms with Gasteiger partial charge >= 0.3 is 0 Å². The Morgan fingerprint density at radius 2 is 1.59 bits per heavy atom. The highest BCUT2D eigenvalue weighted by atomic mass is 35.5. The van der Waals surface area contributed by atoms with Gasteiger partial charge in [-0.05, 0) is 55.3 Å². The summed E-state index contributed by atoms with van der Waals surface area (Å²) in [6.45, 7) is 1.37. The monoisotopic (exact) mass is 454 g/mol. The highest BCUT2D eigenvalue weighted by Gasteiger charge is 2.53. The normalized spacial score (nSPS) is 15.7. The van der Waals surface area contributed by atoms with Crippen molar-refractivity contribution in [2.75, 3.05) is 10.6 Å². The molecule has 0 unspecified atom stereocenters. The van der Waals surface area contributed by atoms with Gasteiger partial charge in [-0.15, -0.1) is 0 Å². The molecule has 2 amide bonds. The fraction of sp³-hybridized carbons (Fsp3) is 0.300. The first kappa shape index (κ1) is 21.6. The van der Waals surface area contributed by atoms with E-state index in [1.165, 1.54) is 43.3 Å². The molecule has 0 atom stereocenters. The zero-order valence-electron chi connectivity index (χ0n) is 15.7. The standard InChI is InChI=1S/C20H20Cl2N2O4S/c1-13(25)23-15-6-9-18(17(22)12-15)24-19(26)20(10-2-3-11-20)29(27,28)16-7-4-14(21)5-8-16/h4-9,12H,2-3,10-11H2,1H3,(H,23,25)(H,24,26). The molecule has 0 saturated heterocycles. The zero-order chi connectivity index (χ0) is 21.2. The molecule has 9 heteroatoms. The fourth-order valence-corrected chi connectivity index (χ4v) is 5.96. The van der Waals surface area contributed by atoms with Crippen LogP contribution in [0.5, 0.6) is 0 Å². The van der Waals surface area contributed by atoms with Crippen molar-refractivity contribution < 1.29 is 18.0 Å². The second-order valence-corrected chi connectivity index (χ2v) is 10.1. The van der Waals surface area contributed by atoms with Gasteiger partial charge in [-0.3, -0.25) is 9.59 Å². The molecule has 2 aromatic carbocycles. The van der Waals surface area contributed by atoms with Crippen molar-refractivity contribution in [1.29, 1.82) is 0 Å². The van der Waals surface area contributed by atoms with Gasteiger partial charge in [0.15, 0.2) is 14.6 Å². The Labute approximate surface area is 179 Å². The molecule has 2 aromatic rings. The van der Waals surface area contributed by atoms with Crippen LogP contribution in [0.3, 0.4) is 0 Å². The van der Waals surface area contributed by atoms with E-state index in [1.807, 2.05) is 0 Å². The predicted molar refractivity (Wildman–Crippen MR) is 114 cm³/mol. The van der Waals surface area contributed by atoms with Crippen LogP contribution in [-0.2, 0) is 19.4 Å². The third-order valence-electron chi connectivity index (χ3n) is 5.00. The Morgan fingerprint density at radius 3 is 2.14 bits per heavy atom. The van der Waals surface area contributed by atoms with Crippen LogP contribution in [0.2, 0.25) is 10.0 Å². The highest BCUT2D eigenvalue weighted by molar-refractivity contribution is 7.93. The minimum atomic E-state index is -3.94. The van der Waals surface area contributed by atoms with Crippen molar-refractivity contribution in [2.24, 2.45) is 0 Å². The van der Waals surface area contributed by atoms with E-state index < -0.39 is 20.5 Å². The molecule has 2 N–H and O–H groups in total. The van der Waals surface area contributed by atoms with E-state index in [0.717, 1.165) is 0 Å². The summed E-state index contributed by atoms with van der Waals surface area (Å²) in [5, 5.41) is 5.88. The average molecular weight is 455 g/mol. The molecular weight excluding hydrogens is 435 g/mol. The van der Waals surface area contributed by atoms with Crippen molar-refractivity contribution in [3.05, 3.63) is 52.5 Å². The summed E-state index contributed by atoms with van der Waals surface area (Å²) in [5.41, 5.74) is 0.758. The largest absolute Gasteiger partial charge is 0.326 e. The van der Waals surface area contributed by atoms with Crippen LogP contribution in [-0.4, -0.2) is 25.0 Å². The Balaban J connectivity index is 1.92. The number of amides is 2. The van der Waals surface area contributed by atoms with Crippen molar-refractivity contribution in [2.45, 2.75) is 42.2 Å². The van der Waals surface area contributed by atoms with Gasteiger partial charge in [0.05, 0.1) is 15.6 Å². The van der Waals surface area contributed by atoms with Gasteiger partial charge in [0.2, 0.25) is 11.8 Å². The molecule has 1 saturated carbocycles. The number of carbonyl (C=O) groups is 2. The minimum Gasteiger partial charge on any atom is -0.326 e. The number of anilines is 2. The Morgan fingerprint density at radius 1 is 0.966 bits per heavy atom. The summed E-state index contributed by atoms with van der Waals surface area (Å²) in [6, 6.07) is 10.4. The van der Waals surface area contributed by atoms with Crippen LogP contribution in [0, 0.1) is 0 Å². The van der Waals surface area contributed by atoms with Gasteiger partial charge < -0.3 is 10.6 Å². The SMILES string of the molecule is CC(=O)Nc1ccc(NC(=O)C2(S(=O)(=O)c3ccc(Cl)cc3)CCCC2)c(Cl)c1. The number of carbonyl (C=O) groups excluding carboxylic acids is 2. The fourth-order valence-electron chi connectivity index (χ4n) is 3.54. The lowest BCUT2D eigenvalue weighted by Gasteiger charge is -2.28. The lowest BCUT2D eigenvalue weighted by atomic mass is 10.1. The lowest BCUT2D eigenvalue weighted by Crippen LogP contribution is -2.47. The number of rotatable bonds is 5. The van der Waals surface area contributed by atoms with Gasteiger partial charge in [0.1, 0.15) is 0 Å². The van der Waals surface area contributed by atoms with Gasteiger partial charge in [-0.25, -0.2) is 8.42 Å². The molecule has 0 heterocycles. The quantitative estimate of drug-likeness (QED) is 0.685.